The van der Waals surface area contributed by atoms with Crippen LogP contribution in [-0.2, 0) is 20.8 Å². The molecule has 1 N–H and O–H groups in total. The van der Waals surface area contributed by atoms with E-state index in [9.17, 15) is 24.3 Å². The molecule has 186 valence electrons. The number of likely N-dealkylation sites (tertiary alicyclic amines) is 1. The van der Waals surface area contributed by atoms with Crippen molar-refractivity contribution in [3.63, 3.8) is 0 Å². The summed E-state index contributed by atoms with van der Waals surface area (Å²) in [6.07, 6.45) is -0.0929. The molecule has 1 aliphatic rings. The Hall–Kier alpha value is -3.63. The number of aromatic nitrogens is 1. The maximum Gasteiger partial charge on any atom is 0.344 e. The number of carbonyl (C=O) groups excluding carboxylic acids is 3. The Balaban J connectivity index is 1.48. The Morgan fingerprint density at radius 3 is 1.95 bits per heavy atom. The largest absolute Gasteiger partial charge is 0.480 e. The van der Waals surface area contributed by atoms with Gasteiger partial charge in [-0.25, -0.2) is 14.6 Å². The minimum absolute atomic E-state index is 0.00324. The van der Waals surface area contributed by atoms with Gasteiger partial charge in [0, 0.05) is 30.0 Å². The molecule has 4 aromatic rings. The van der Waals surface area contributed by atoms with E-state index in [0.29, 0.717) is 41.9 Å². The lowest BCUT2D eigenvalue weighted by molar-refractivity contribution is -0.154. The quantitative estimate of drug-likeness (QED) is 0.134. The lowest BCUT2D eigenvalue weighted by Gasteiger charge is -2.23. The minimum atomic E-state index is -1.33. The van der Waals surface area contributed by atoms with Crippen molar-refractivity contribution in [2.24, 2.45) is 0 Å². The van der Waals surface area contributed by atoms with Gasteiger partial charge in [0.1, 0.15) is 6.04 Å². The average Bonchev–Trinajstić information content (AvgIpc) is 3.20. The third-order valence-corrected chi connectivity index (χ3v) is 7.34. The van der Waals surface area contributed by atoms with Gasteiger partial charge in [-0.15, -0.1) is 0 Å². The van der Waals surface area contributed by atoms with Gasteiger partial charge >= 0.3 is 11.9 Å². The monoisotopic (exact) mass is 624 g/mol. The second-order valence-electron chi connectivity index (χ2n) is 8.51. The van der Waals surface area contributed by atoms with Gasteiger partial charge in [-0.05, 0) is 61.7 Å². The highest BCUT2D eigenvalue weighted by atomic mass is 79.9. The second-order valence-corrected chi connectivity index (χ2v) is 10.2. The number of carbonyl (C=O) groups is 4. The van der Waals surface area contributed by atoms with E-state index >= 15 is 0 Å². The van der Waals surface area contributed by atoms with Crippen molar-refractivity contribution in [1.29, 1.82) is 0 Å². The lowest BCUT2D eigenvalue weighted by atomic mass is 10.0. The maximum absolute atomic E-state index is 13.5. The molecule has 0 aliphatic carbocycles. The van der Waals surface area contributed by atoms with Crippen molar-refractivity contribution in [2.45, 2.75) is 25.3 Å². The standard InChI is InChI=1S/C27H18Br2N2O6/c28-17-11-14(13-21(26(34)35)31-22(32)9-10-23(31)33)12-18(29)25(17)37-27(36)24-15-5-1-3-7-19(15)30-20-8-4-2-6-16(20)24/h1-8,11-12,21H,9-10,13H2,(H,34,35). The number of imide groups is 1. The number of hydrogen-bond donors (Lipinski definition) is 1. The zero-order chi connectivity index (χ0) is 26.3. The van der Waals surface area contributed by atoms with E-state index in [1.165, 1.54) is 0 Å². The smallest absolute Gasteiger partial charge is 0.344 e. The Morgan fingerprint density at radius 1 is 0.919 bits per heavy atom. The number of carboxylic acid groups (broad SMARTS) is 1. The van der Waals surface area contributed by atoms with Crippen LogP contribution in [0.15, 0.2) is 69.6 Å². The third-order valence-electron chi connectivity index (χ3n) is 6.16. The maximum atomic E-state index is 13.5. The normalized spacial score (nSPS) is 14.4. The predicted octanol–water partition coefficient (Wildman–Crippen LogP) is 5.28. The van der Waals surface area contributed by atoms with Gasteiger partial charge in [0.15, 0.2) is 5.75 Å². The van der Waals surface area contributed by atoms with Gasteiger partial charge in [0.25, 0.3) is 0 Å². The van der Waals surface area contributed by atoms with E-state index in [1.54, 1.807) is 12.1 Å². The number of fused-ring (bicyclic) bond motifs is 2. The molecule has 1 aromatic heterocycles. The molecule has 0 bridgehead atoms. The van der Waals surface area contributed by atoms with Crippen LogP contribution >= 0.6 is 31.9 Å². The van der Waals surface area contributed by atoms with Crippen LogP contribution in [0, 0.1) is 0 Å². The number of ether oxygens (including phenoxy) is 1. The topological polar surface area (TPSA) is 114 Å². The fourth-order valence-electron chi connectivity index (χ4n) is 4.49. The SMILES string of the molecule is O=C(Oc1c(Br)cc(CC(C(=O)O)N2C(=O)CCC2=O)cc1Br)c1c2ccccc2nc2ccccc12. The van der Waals surface area contributed by atoms with E-state index in [0.717, 1.165) is 4.90 Å². The summed E-state index contributed by atoms with van der Waals surface area (Å²) in [5, 5.41) is 11.0. The second kappa shape index (κ2) is 10.0. The Kier molecular flexibility index (Phi) is 6.78. The highest BCUT2D eigenvalue weighted by Gasteiger charge is 2.39. The van der Waals surface area contributed by atoms with Crippen LogP contribution in [0.5, 0.6) is 5.75 Å². The summed E-state index contributed by atoms with van der Waals surface area (Å²) in [5.41, 5.74) is 2.22. The molecule has 0 radical (unpaired) electrons. The summed E-state index contributed by atoms with van der Waals surface area (Å²) in [6, 6.07) is 16.5. The number of rotatable bonds is 6. The molecule has 10 heteroatoms. The van der Waals surface area contributed by atoms with Crippen molar-refractivity contribution in [3.05, 3.63) is 80.7 Å². The van der Waals surface area contributed by atoms with E-state index in [1.807, 2.05) is 48.5 Å². The van der Waals surface area contributed by atoms with Crippen LogP contribution in [0.25, 0.3) is 21.8 Å². The number of para-hydroxylation sites is 2. The van der Waals surface area contributed by atoms with Gasteiger partial charge in [0.2, 0.25) is 11.8 Å². The molecule has 1 unspecified atom stereocenters. The molecule has 8 nitrogen and oxygen atoms in total. The zero-order valence-electron chi connectivity index (χ0n) is 19.1. The van der Waals surface area contributed by atoms with Crippen molar-refractivity contribution < 1.29 is 29.0 Å². The summed E-state index contributed by atoms with van der Waals surface area (Å²) >= 11 is 6.84. The number of carboxylic acids is 1. The summed E-state index contributed by atoms with van der Waals surface area (Å²) in [4.78, 5) is 55.1. The highest BCUT2D eigenvalue weighted by Crippen LogP contribution is 2.37. The van der Waals surface area contributed by atoms with Crippen LogP contribution in [0.4, 0.5) is 0 Å². The van der Waals surface area contributed by atoms with Gasteiger partial charge < -0.3 is 9.84 Å². The van der Waals surface area contributed by atoms with E-state index < -0.39 is 29.8 Å². The summed E-state index contributed by atoms with van der Waals surface area (Å²) in [6.45, 7) is 0. The molecular weight excluding hydrogens is 608 g/mol. The Morgan fingerprint density at radius 2 is 1.43 bits per heavy atom. The number of benzene rings is 3. The number of pyridine rings is 1. The highest BCUT2D eigenvalue weighted by molar-refractivity contribution is 9.11. The number of aliphatic carboxylic acids is 1. The number of nitrogens with zero attached hydrogens (tertiary/aromatic N) is 2. The van der Waals surface area contributed by atoms with Gasteiger partial charge in [-0.3, -0.25) is 14.5 Å². The molecule has 37 heavy (non-hydrogen) atoms. The molecule has 1 saturated heterocycles. The van der Waals surface area contributed by atoms with Gasteiger partial charge in [-0.2, -0.15) is 0 Å². The molecule has 2 amide bonds. The van der Waals surface area contributed by atoms with E-state index in [-0.39, 0.29) is 25.0 Å². The molecule has 1 fully saturated rings. The van der Waals surface area contributed by atoms with Crippen LogP contribution in [0.3, 0.4) is 0 Å². The van der Waals surface area contributed by atoms with Gasteiger partial charge in [0.05, 0.1) is 25.5 Å². The first-order valence-corrected chi connectivity index (χ1v) is 12.9. The third kappa shape index (κ3) is 4.74. The zero-order valence-corrected chi connectivity index (χ0v) is 22.3. The van der Waals surface area contributed by atoms with Crippen LogP contribution in [0.1, 0.15) is 28.8 Å². The predicted molar refractivity (Wildman–Crippen MR) is 142 cm³/mol. The minimum Gasteiger partial charge on any atom is -0.480 e. The molecule has 5 rings (SSSR count). The van der Waals surface area contributed by atoms with Crippen molar-refractivity contribution in [2.75, 3.05) is 0 Å². The fraction of sp³-hybridized carbons (Fsp3) is 0.148. The first kappa shape index (κ1) is 25.0. The average molecular weight is 626 g/mol. The molecule has 0 saturated carbocycles. The number of halogens is 2. The van der Waals surface area contributed by atoms with Crippen LogP contribution in [0.2, 0.25) is 0 Å². The lowest BCUT2D eigenvalue weighted by Crippen LogP contribution is -2.45. The summed E-state index contributed by atoms with van der Waals surface area (Å²) in [5.74, 6) is -2.65. The Labute approximate surface area is 227 Å². The molecular formula is C27H18Br2N2O6. The summed E-state index contributed by atoms with van der Waals surface area (Å²) in [7, 11) is 0. The molecule has 3 aromatic carbocycles. The summed E-state index contributed by atoms with van der Waals surface area (Å²) < 4.78 is 6.62. The molecule has 1 aliphatic heterocycles. The first-order valence-electron chi connectivity index (χ1n) is 11.3. The number of hydrogen-bond acceptors (Lipinski definition) is 6. The van der Waals surface area contributed by atoms with Crippen LogP contribution in [-0.4, -0.2) is 44.8 Å². The molecule has 0 spiro atoms. The van der Waals surface area contributed by atoms with Crippen LogP contribution < -0.4 is 4.74 Å². The molecule has 2 heterocycles. The number of amides is 2. The first-order chi connectivity index (χ1) is 17.7. The van der Waals surface area contributed by atoms with E-state index in [2.05, 4.69) is 36.8 Å². The number of esters is 1. The van der Waals surface area contributed by atoms with Crippen molar-refractivity contribution in [1.82, 2.24) is 9.88 Å². The van der Waals surface area contributed by atoms with Gasteiger partial charge in [-0.1, -0.05) is 36.4 Å². The van der Waals surface area contributed by atoms with E-state index in [4.69, 9.17) is 4.74 Å². The molecule has 1 atom stereocenters. The van der Waals surface area contributed by atoms with Crippen molar-refractivity contribution in [3.8, 4) is 5.75 Å². The Bertz CT molecular complexity index is 1530. The van der Waals surface area contributed by atoms with Crippen molar-refractivity contribution >= 4 is 77.4 Å². The fourth-order valence-corrected chi connectivity index (χ4v) is 5.93.